The SMILES string of the molecule is CC(C)(C)OC(=O)NC(C)(C)C(=O)NC(Cc1c[nH]c2ccccc12)C(=O)N1CCC2(CC1)CC(=O)c1ccccc1O2. The summed E-state index contributed by atoms with van der Waals surface area (Å²) in [7, 11) is 0. The zero-order chi connectivity index (χ0) is 31.0. The van der Waals surface area contributed by atoms with Gasteiger partial charge in [0.05, 0.1) is 12.0 Å². The molecule has 1 saturated heterocycles. The van der Waals surface area contributed by atoms with Crippen LogP contribution in [-0.2, 0) is 20.7 Å². The van der Waals surface area contributed by atoms with Crippen molar-refractivity contribution in [3.63, 3.8) is 0 Å². The smallest absolute Gasteiger partial charge is 0.408 e. The summed E-state index contributed by atoms with van der Waals surface area (Å²) in [4.78, 5) is 57.9. The number of alkyl carbamates (subject to hydrolysis) is 1. The van der Waals surface area contributed by atoms with Gasteiger partial charge < -0.3 is 30.0 Å². The maximum Gasteiger partial charge on any atom is 0.408 e. The van der Waals surface area contributed by atoms with Crippen molar-refractivity contribution >= 4 is 34.6 Å². The highest BCUT2D eigenvalue weighted by Gasteiger charge is 2.45. The van der Waals surface area contributed by atoms with Crippen LogP contribution >= 0.6 is 0 Å². The van der Waals surface area contributed by atoms with E-state index in [9.17, 15) is 19.2 Å². The maximum absolute atomic E-state index is 14.0. The van der Waals surface area contributed by atoms with E-state index < -0.39 is 34.8 Å². The molecule has 2 aliphatic rings. The molecule has 3 N–H and O–H groups in total. The predicted octanol–water partition coefficient (Wildman–Crippen LogP) is 4.53. The van der Waals surface area contributed by atoms with Gasteiger partial charge in [-0.25, -0.2) is 4.79 Å². The highest BCUT2D eigenvalue weighted by molar-refractivity contribution is 6.00. The Bertz CT molecular complexity index is 1540. The first kappa shape index (κ1) is 30.1. The third kappa shape index (κ3) is 6.68. The molecule has 1 unspecified atom stereocenters. The Morgan fingerprint density at radius 3 is 2.42 bits per heavy atom. The number of amides is 3. The van der Waals surface area contributed by atoms with E-state index in [0.29, 0.717) is 37.2 Å². The topological polar surface area (TPSA) is 130 Å². The van der Waals surface area contributed by atoms with Crippen molar-refractivity contribution < 1.29 is 28.7 Å². The molecule has 3 amide bonds. The molecule has 43 heavy (non-hydrogen) atoms. The van der Waals surface area contributed by atoms with Gasteiger partial charge in [-0.15, -0.1) is 0 Å². The van der Waals surface area contributed by atoms with Gasteiger partial charge in [-0.05, 0) is 58.4 Å². The Hall–Kier alpha value is -4.34. The van der Waals surface area contributed by atoms with Crippen molar-refractivity contribution in [2.75, 3.05) is 13.1 Å². The summed E-state index contributed by atoms with van der Waals surface area (Å²) in [6, 6.07) is 14.1. The molecule has 10 heteroatoms. The number of hydrogen-bond acceptors (Lipinski definition) is 6. The van der Waals surface area contributed by atoms with Crippen molar-refractivity contribution in [1.29, 1.82) is 0 Å². The van der Waals surface area contributed by atoms with Gasteiger partial charge >= 0.3 is 6.09 Å². The van der Waals surface area contributed by atoms with E-state index >= 15 is 0 Å². The summed E-state index contributed by atoms with van der Waals surface area (Å²) in [5, 5.41) is 6.50. The second-order valence-electron chi connectivity index (χ2n) is 13.0. The molecule has 10 nitrogen and oxygen atoms in total. The van der Waals surface area contributed by atoms with Crippen LogP contribution in [0, 0.1) is 0 Å². The van der Waals surface area contributed by atoms with Crippen molar-refractivity contribution in [2.24, 2.45) is 0 Å². The molecule has 228 valence electrons. The van der Waals surface area contributed by atoms with Crippen LogP contribution in [0.1, 0.15) is 69.8 Å². The number of hydrogen-bond donors (Lipinski definition) is 3. The first-order chi connectivity index (χ1) is 20.3. The third-order valence-electron chi connectivity index (χ3n) is 8.07. The highest BCUT2D eigenvalue weighted by Crippen LogP contribution is 2.39. The fourth-order valence-electron chi connectivity index (χ4n) is 5.75. The lowest BCUT2D eigenvalue weighted by molar-refractivity contribution is -0.140. The fraction of sp³-hybridized carbons (Fsp3) is 0.455. The molecule has 3 heterocycles. The first-order valence-corrected chi connectivity index (χ1v) is 14.7. The number of piperidine rings is 1. The highest BCUT2D eigenvalue weighted by atomic mass is 16.6. The number of ketones is 1. The number of aromatic nitrogens is 1. The molecule has 5 rings (SSSR count). The average Bonchev–Trinajstić information content (AvgIpc) is 3.34. The number of nitrogens with zero attached hydrogens (tertiary/aromatic N) is 1. The van der Waals surface area contributed by atoms with E-state index in [1.54, 1.807) is 45.6 Å². The predicted molar refractivity (Wildman–Crippen MR) is 162 cm³/mol. The van der Waals surface area contributed by atoms with Crippen LogP contribution in [0.2, 0.25) is 0 Å². The monoisotopic (exact) mass is 588 g/mol. The number of para-hydroxylation sites is 2. The van der Waals surface area contributed by atoms with Crippen LogP contribution in [0.5, 0.6) is 5.75 Å². The summed E-state index contributed by atoms with van der Waals surface area (Å²) in [6.07, 6.45) is 2.65. The van der Waals surface area contributed by atoms with E-state index in [1.165, 1.54) is 0 Å². The molecule has 0 aliphatic carbocycles. The number of H-pyrrole nitrogens is 1. The molecule has 1 atom stereocenters. The van der Waals surface area contributed by atoms with Gasteiger partial charge in [-0.1, -0.05) is 30.3 Å². The molecule has 3 aromatic rings. The number of ether oxygens (including phenoxy) is 2. The minimum atomic E-state index is -1.35. The molecule has 2 aliphatic heterocycles. The average molecular weight is 589 g/mol. The van der Waals surface area contributed by atoms with Crippen molar-refractivity contribution in [3.05, 3.63) is 65.9 Å². The fourth-order valence-corrected chi connectivity index (χ4v) is 5.75. The molecule has 1 fully saturated rings. The number of aromatic amines is 1. The lowest BCUT2D eigenvalue weighted by Crippen LogP contribution is -2.61. The largest absolute Gasteiger partial charge is 0.486 e. The number of nitrogens with one attached hydrogen (secondary N) is 3. The van der Waals surface area contributed by atoms with Crippen molar-refractivity contribution in [1.82, 2.24) is 20.5 Å². The summed E-state index contributed by atoms with van der Waals surface area (Å²) in [5.74, 6) is -0.111. The van der Waals surface area contributed by atoms with Gasteiger partial charge in [-0.2, -0.15) is 0 Å². The normalized spacial score (nSPS) is 17.1. The summed E-state index contributed by atoms with van der Waals surface area (Å²) < 4.78 is 11.7. The summed E-state index contributed by atoms with van der Waals surface area (Å²) in [5.41, 5.74) is -0.325. The van der Waals surface area contributed by atoms with E-state index in [0.717, 1.165) is 16.5 Å². The molecule has 1 aromatic heterocycles. The Morgan fingerprint density at radius 1 is 1.02 bits per heavy atom. The number of carbonyl (C=O) groups is 4. The molecular weight excluding hydrogens is 548 g/mol. The quantitative estimate of drug-likeness (QED) is 0.388. The minimum absolute atomic E-state index is 0.0471. The number of benzene rings is 2. The second-order valence-corrected chi connectivity index (χ2v) is 13.0. The molecule has 0 bridgehead atoms. The van der Waals surface area contributed by atoms with Crippen molar-refractivity contribution in [2.45, 2.75) is 83.1 Å². The lowest BCUT2D eigenvalue weighted by atomic mass is 9.82. The van der Waals surface area contributed by atoms with Crippen LogP contribution in [-0.4, -0.2) is 69.4 Å². The van der Waals surface area contributed by atoms with Crippen LogP contribution in [0.25, 0.3) is 10.9 Å². The third-order valence-corrected chi connectivity index (χ3v) is 8.07. The van der Waals surface area contributed by atoms with E-state index in [-0.39, 0.29) is 24.5 Å². The zero-order valence-corrected chi connectivity index (χ0v) is 25.4. The Labute approximate surface area is 251 Å². The minimum Gasteiger partial charge on any atom is -0.486 e. The van der Waals surface area contributed by atoms with Crippen LogP contribution in [0.3, 0.4) is 0 Å². The van der Waals surface area contributed by atoms with E-state index in [2.05, 4.69) is 15.6 Å². The van der Waals surface area contributed by atoms with Crippen molar-refractivity contribution in [3.8, 4) is 5.75 Å². The Balaban J connectivity index is 1.33. The molecular formula is C33H40N4O6. The molecule has 0 radical (unpaired) electrons. The number of rotatable bonds is 6. The molecule has 2 aromatic carbocycles. The number of fused-ring (bicyclic) bond motifs is 2. The van der Waals surface area contributed by atoms with Crippen LogP contribution in [0.15, 0.2) is 54.7 Å². The van der Waals surface area contributed by atoms with Gasteiger partial charge in [0.25, 0.3) is 0 Å². The maximum atomic E-state index is 14.0. The number of likely N-dealkylation sites (tertiary alicyclic amines) is 1. The molecule has 1 spiro atoms. The Morgan fingerprint density at radius 2 is 1.70 bits per heavy atom. The molecule has 0 saturated carbocycles. The van der Waals surface area contributed by atoms with Gasteiger partial charge in [-0.3, -0.25) is 14.4 Å². The standard InChI is InChI=1S/C33H40N4O6/c1-31(2,3)43-30(41)36-32(4,5)29(40)35-25(18-21-20-34-24-12-8-6-10-22(21)24)28(39)37-16-14-33(15-17-37)19-26(38)23-11-7-9-13-27(23)42-33/h6-13,20,25,34H,14-19H2,1-5H3,(H,35,40)(H,36,41). The number of Topliss-reactive ketones (excluding diaryl/α,β-unsaturated/α-hetero) is 1. The van der Waals surface area contributed by atoms with Gasteiger partial charge in [0.15, 0.2) is 5.78 Å². The summed E-state index contributed by atoms with van der Waals surface area (Å²) >= 11 is 0. The van der Waals surface area contributed by atoms with Crippen LogP contribution < -0.4 is 15.4 Å². The number of carbonyl (C=O) groups excluding carboxylic acids is 4. The van der Waals surface area contributed by atoms with E-state index in [1.807, 2.05) is 48.7 Å². The zero-order valence-electron chi connectivity index (χ0n) is 25.4. The summed E-state index contributed by atoms with van der Waals surface area (Å²) in [6.45, 7) is 9.13. The van der Waals surface area contributed by atoms with E-state index in [4.69, 9.17) is 9.47 Å². The van der Waals surface area contributed by atoms with Crippen LogP contribution in [0.4, 0.5) is 4.79 Å². The second kappa shape index (κ2) is 11.4. The first-order valence-electron chi connectivity index (χ1n) is 14.7. The van der Waals surface area contributed by atoms with Gasteiger partial charge in [0, 0.05) is 49.5 Å². The van der Waals surface area contributed by atoms with Gasteiger partial charge in [0.1, 0.15) is 28.5 Å². The lowest BCUT2D eigenvalue weighted by Gasteiger charge is -2.44. The van der Waals surface area contributed by atoms with Gasteiger partial charge in [0.2, 0.25) is 11.8 Å². The Kier molecular flexibility index (Phi) is 7.98.